The van der Waals surface area contributed by atoms with Gasteiger partial charge in [-0.05, 0) is 74.3 Å². The van der Waals surface area contributed by atoms with Gasteiger partial charge in [0.1, 0.15) is 12.4 Å². The number of amides is 2. The van der Waals surface area contributed by atoms with Crippen LogP contribution < -0.4 is 14.5 Å². The quantitative estimate of drug-likeness (QED) is 0.449. The second-order valence-electron chi connectivity index (χ2n) is 10.7. The van der Waals surface area contributed by atoms with Gasteiger partial charge in [0, 0.05) is 69.8 Å². The number of hydrogen-bond donors (Lipinski definition) is 0. The number of anilines is 2. The van der Waals surface area contributed by atoms with Crippen LogP contribution in [0, 0.1) is 0 Å². The van der Waals surface area contributed by atoms with E-state index in [0.717, 1.165) is 43.1 Å². The number of piperidine rings is 1. The molecule has 9 nitrogen and oxygen atoms in total. The van der Waals surface area contributed by atoms with Gasteiger partial charge in [0.05, 0.1) is 0 Å². The summed E-state index contributed by atoms with van der Waals surface area (Å²) in [5, 5.41) is 0. The first-order valence-corrected chi connectivity index (χ1v) is 14.7. The molecule has 0 spiro atoms. The monoisotopic (exact) mass is 556 g/mol. The van der Waals surface area contributed by atoms with Gasteiger partial charge in [-0.1, -0.05) is 24.6 Å². The minimum absolute atomic E-state index is 0.0204. The summed E-state index contributed by atoms with van der Waals surface area (Å²) in [6, 6.07) is 17.1. The molecule has 1 saturated heterocycles. The lowest BCUT2D eigenvalue weighted by Crippen LogP contribution is -2.39. The number of hydrogen-bond acceptors (Lipinski definition) is 7. The number of rotatable bonds is 6. The summed E-state index contributed by atoms with van der Waals surface area (Å²) in [4.78, 5) is 43.7. The van der Waals surface area contributed by atoms with Crippen molar-refractivity contribution in [2.75, 3.05) is 62.2 Å². The highest BCUT2D eigenvalue weighted by atomic mass is 16.5. The third-order valence-corrected chi connectivity index (χ3v) is 7.82. The van der Waals surface area contributed by atoms with E-state index in [1.54, 1.807) is 25.4 Å². The molecule has 2 aliphatic heterocycles. The zero-order chi connectivity index (χ0) is 28.4. The Bertz CT molecular complexity index is 1280. The van der Waals surface area contributed by atoms with Crippen LogP contribution >= 0.6 is 0 Å². The van der Waals surface area contributed by atoms with Crippen molar-refractivity contribution in [3.63, 3.8) is 0 Å². The number of fused-ring (bicyclic) bond motifs is 1. The molecule has 1 fully saturated rings. The summed E-state index contributed by atoms with van der Waals surface area (Å²) in [5.74, 6) is 1.30. The van der Waals surface area contributed by atoms with E-state index < -0.39 is 0 Å². The highest BCUT2D eigenvalue weighted by Crippen LogP contribution is 2.25. The average Bonchev–Trinajstić information content (AvgIpc) is 3.05. The van der Waals surface area contributed by atoms with Gasteiger partial charge in [0.25, 0.3) is 5.91 Å². The van der Waals surface area contributed by atoms with Crippen LogP contribution in [0.25, 0.3) is 0 Å². The van der Waals surface area contributed by atoms with Crippen LogP contribution in [0.3, 0.4) is 0 Å². The van der Waals surface area contributed by atoms with Crippen molar-refractivity contribution < 1.29 is 14.3 Å². The van der Waals surface area contributed by atoms with Gasteiger partial charge in [-0.15, -0.1) is 0 Å². The van der Waals surface area contributed by atoms with Crippen molar-refractivity contribution in [1.82, 2.24) is 19.8 Å². The van der Waals surface area contributed by atoms with E-state index in [1.165, 1.54) is 19.3 Å². The lowest BCUT2D eigenvalue weighted by molar-refractivity contribution is -0.116. The molecule has 3 heterocycles. The van der Waals surface area contributed by atoms with Crippen molar-refractivity contribution >= 4 is 23.5 Å². The fraction of sp³-hybridized carbons (Fsp3) is 0.438. The smallest absolute Gasteiger partial charge is 0.254 e. The van der Waals surface area contributed by atoms with Crippen molar-refractivity contribution in [3.05, 3.63) is 78.1 Å². The van der Waals surface area contributed by atoms with Crippen LogP contribution in [-0.2, 0) is 11.3 Å². The summed E-state index contributed by atoms with van der Waals surface area (Å²) in [5.41, 5.74) is 2.39. The Kier molecular flexibility index (Phi) is 9.80. The Morgan fingerprint density at radius 1 is 0.805 bits per heavy atom. The molecule has 0 atom stereocenters. The van der Waals surface area contributed by atoms with Crippen molar-refractivity contribution in [2.24, 2.45) is 0 Å². The van der Waals surface area contributed by atoms with Crippen LogP contribution in [0.5, 0.6) is 5.75 Å². The Morgan fingerprint density at radius 3 is 2.32 bits per heavy atom. The lowest BCUT2D eigenvalue weighted by atomic mass is 10.1. The number of para-hydroxylation sites is 1. The minimum atomic E-state index is -0.0674. The minimum Gasteiger partial charge on any atom is -0.492 e. The molecular formula is C32H40N6O3. The number of likely N-dealkylation sites (tertiary alicyclic amines) is 1. The van der Waals surface area contributed by atoms with Gasteiger partial charge in [0.2, 0.25) is 11.9 Å². The van der Waals surface area contributed by atoms with Gasteiger partial charge in [-0.2, -0.15) is 0 Å². The third-order valence-electron chi connectivity index (χ3n) is 7.82. The van der Waals surface area contributed by atoms with Gasteiger partial charge >= 0.3 is 0 Å². The third kappa shape index (κ3) is 7.61. The normalized spacial score (nSPS) is 17.0. The summed E-state index contributed by atoms with van der Waals surface area (Å²) in [6.07, 6.45) is 8.05. The molecular weight excluding hydrogens is 516 g/mol. The molecule has 0 aliphatic carbocycles. The summed E-state index contributed by atoms with van der Waals surface area (Å²) in [6.45, 7) is 8.14. The topological polar surface area (TPSA) is 82.1 Å². The van der Waals surface area contributed by atoms with E-state index in [-0.39, 0.29) is 11.8 Å². The van der Waals surface area contributed by atoms with Gasteiger partial charge < -0.3 is 19.4 Å². The van der Waals surface area contributed by atoms with Crippen molar-refractivity contribution in [2.45, 2.75) is 39.2 Å². The van der Waals surface area contributed by atoms with E-state index in [2.05, 4.69) is 19.8 Å². The first-order valence-electron chi connectivity index (χ1n) is 14.7. The molecule has 2 amide bonds. The molecule has 3 aromatic rings. The van der Waals surface area contributed by atoms with Crippen molar-refractivity contribution in [1.29, 1.82) is 0 Å². The Hall–Kier alpha value is -3.98. The van der Waals surface area contributed by atoms with E-state index in [9.17, 15) is 9.59 Å². The lowest BCUT2D eigenvalue weighted by Gasteiger charge is -2.28. The molecule has 0 saturated carbocycles. The van der Waals surface area contributed by atoms with E-state index in [1.807, 2.05) is 58.3 Å². The number of benzene rings is 2. The first kappa shape index (κ1) is 28.5. The van der Waals surface area contributed by atoms with Crippen LogP contribution in [0.2, 0.25) is 0 Å². The molecule has 5 rings (SSSR count). The molecule has 41 heavy (non-hydrogen) atoms. The molecule has 2 aromatic carbocycles. The Labute approximate surface area is 242 Å². The number of carbonyl (C=O) groups excluding carboxylic acids is 2. The van der Waals surface area contributed by atoms with Crippen LogP contribution in [0.15, 0.2) is 67.0 Å². The van der Waals surface area contributed by atoms with Crippen molar-refractivity contribution in [3.8, 4) is 5.75 Å². The van der Waals surface area contributed by atoms with Gasteiger partial charge in [-0.25, -0.2) is 9.97 Å². The average molecular weight is 557 g/mol. The first-order chi connectivity index (χ1) is 20.1. The van der Waals surface area contributed by atoms with Crippen LogP contribution in [0.1, 0.15) is 48.5 Å². The van der Waals surface area contributed by atoms with Crippen LogP contribution in [-0.4, -0.2) is 84.0 Å². The molecule has 9 heteroatoms. The second-order valence-corrected chi connectivity index (χ2v) is 10.7. The predicted octanol–water partition coefficient (Wildman–Crippen LogP) is 4.25. The fourth-order valence-electron chi connectivity index (χ4n) is 5.59. The fourth-order valence-corrected chi connectivity index (χ4v) is 5.59. The SMILES string of the molecule is CC(=O)N1CCCN(c2ncccn2)CCN(C(=O)c2ccc(OCCN3CCCCC3)cc2)Cc2ccccc21. The maximum atomic E-state index is 13.9. The number of nitrogens with zero attached hydrogens (tertiary/aromatic N) is 6. The highest BCUT2D eigenvalue weighted by Gasteiger charge is 2.24. The zero-order valence-electron chi connectivity index (χ0n) is 24.0. The predicted molar refractivity (Wildman–Crippen MR) is 160 cm³/mol. The summed E-state index contributed by atoms with van der Waals surface area (Å²) >= 11 is 0. The molecule has 0 radical (unpaired) electrons. The zero-order valence-corrected chi connectivity index (χ0v) is 24.0. The molecule has 216 valence electrons. The van der Waals surface area contributed by atoms with Gasteiger partial charge in [0.15, 0.2) is 0 Å². The molecule has 0 bridgehead atoms. The number of ether oxygens (including phenoxy) is 1. The standard InChI is InChI=1S/C32H40N6O3/c1-26(39)38-20-8-19-36(32-33-15-7-16-34-32)21-22-37(25-28-9-3-4-10-30(28)38)31(40)27-11-13-29(14-12-27)41-24-23-35-17-5-2-6-18-35/h3-4,7,9-16H,2,5-6,8,17-25H2,1H3. The Balaban J connectivity index is 1.34. The van der Waals surface area contributed by atoms with E-state index in [0.29, 0.717) is 50.8 Å². The van der Waals surface area contributed by atoms with E-state index in [4.69, 9.17) is 4.74 Å². The Morgan fingerprint density at radius 2 is 1.56 bits per heavy atom. The highest BCUT2D eigenvalue weighted by molar-refractivity contribution is 5.95. The second kappa shape index (κ2) is 14.1. The number of aromatic nitrogens is 2. The maximum Gasteiger partial charge on any atom is 0.254 e. The molecule has 2 aliphatic rings. The largest absolute Gasteiger partial charge is 0.492 e. The van der Waals surface area contributed by atoms with Crippen LogP contribution in [0.4, 0.5) is 11.6 Å². The number of carbonyl (C=O) groups is 2. The molecule has 0 unspecified atom stereocenters. The van der Waals surface area contributed by atoms with E-state index >= 15 is 0 Å². The van der Waals surface area contributed by atoms with Gasteiger partial charge in [-0.3, -0.25) is 14.5 Å². The summed E-state index contributed by atoms with van der Waals surface area (Å²) in [7, 11) is 0. The summed E-state index contributed by atoms with van der Waals surface area (Å²) < 4.78 is 5.99. The molecule has 1 aromatic heterocycles. The molecule has 0 N–H and O–H groups in total. The maximum absolute atomic E-state index is 13.9.